The second kappa shape index (κ2) is 5.59. The van der Waals surface area contributed by atoms with Crippen LogP contribution < -0.4 is 5.73 Å². The molecule has 0 radical (unpaired) electrons. The SMILES string of the molecule is CC(N)(CCc1ccccc1)COS(=O)(=O)O. The molecule has 6 heteroatoms. The summed E-state index contributed by atoms with van der Waals surface area (Å²) < 4.78 is 33.6. The predicted octanol–water partition coefficient (Wildman–Crippen LogP) is 1.16. The van der Waals surface area contributed by atoms with Gasteiger partial charge in [-0.25, -0.2) is 4.18 Å². The van der Waals surface area contributed by atoms with E-state index in [0.29, 0.717) is 6.42 Å². The van der Waals surface area contributed by atoms with Crippen molar-refractivity contribution in [1.82, 2.24) is 0 Å². The van der Waals surface area contributed by atoms with Gasteiger partial charge in [-0.1, -0.05) is 30.3 Å². The molecule has 0 aliphatic rings. The predicted molar refractivity (Wildman–Crippen MR) is 64.9 cm³/mol. The van der Waals surface area contributed by atoms with Crippen molar-refractivity contribution in [2.24, 2.45) is 5.73 Å². The normalized spacial score (nSPS) is 15.5. The van der Waals surface area contributed by atoms with Crippen molar-refractivity contribution in [3.05, 3.63) is 35.9 Å². The number of nitrogens with two attached hydrogens (primary N) is 1. The van der Waals surface area contributed by atoms with Crippen LogP contribution in [0, 0.1) is 0 Å². The Morgan fingerprint density at radius 3 is 2.47 bits per heavy atom. The molecule has 0 fully saturated rings. The minimum absolute atomic E-state index is 0.237. The van der Waals surface area contributed by atoms with Crippen LogP contribution in [0.5, 0.6) is 0 Å². The van der Waals surface area contributed by atoms with E-state index in [9.17, 15) is 8.42 Å². The minimum Gasteiger partial charge on any atom is -0.323 e. The maximum Gasteiger partial charge on any atom is 0.397 e. The van der Waals surface area contributed by atoms with Crippen LogP contribution in [0.1, 0.15) is 18.9 Å². The number of rotatable bonds is 6. The zero-order valence-electron chi connectivity index (χ0n) is 9.67. The molecular weight excluding hydrogens is 242 g/mol. The number of hydrogen-bond acceptors (Lipinski definition) is 4. The highest BCUT2D eigenvalue weighted by atomic mass is 32.3. The van der Waals surface area contributed by atoms with Gasteiger partial charge < -0.3 is 5.73 Å². The second-order valence-electron chi connectivity index (χ2n) is 4.33. The number of benzene rings is 1. The monoisotopic (exact) mass is 259 g/mol. The molecule has 5 nitrogen and oxygen atoms in total. The van der Waals surface area contributed by atoms with Gasteiger partial charge in [0.15, 0.2) is 0 Å². The third-order valence-corrected chi connectivity index (χ3v) is 2.78. The Hall–Kier alpha value is -0.950. The van der Waals surface area contributed by atoms with E-state index in [4.69, 9.17) is 10.3 Å². The first-order valence-electron chi connectivity index (χ1n) is 5.23. The Balaban J connectivity index is 2.45. The van der Waals surface area contributed by atoms with Crippen molar-refractivity contribution in [2.45, 2.75) is 25.3 Å². The molecule has 3 N–H and O–H groups in total. The average Bonchev–Trinajstić information content (AvgIpc) is 2.25. The molecule has 1 aromatic carbocycles. The summed E-state index contributed by atoms with van der Waals surface area (Å²) in [6.45, 7) is 1.44. The van der Waals surface area contributed by atoms with Crippen LogP contribution in [0.15, 0.2) is 30.3 Å². The largest absolute Gasteiger partial charge is 0.397 e. The summed E-state index contributed by atoms with van der Waals surface area (Å²) in [7, 11) is -4.42. The fraction of sp³-hybridized carbons (Fsp3) is 0.455. The molecule has 0 heterocycles. The summed E-state index contributed by atoms with van der Waals surface area (Å²) in [4.78, 5) is 0. The molecule has 0 bridgehead atoms. The van der Waals surface area contributed by atoms with Crippen LogP contribution in [0.2, 0.25) is 0 Å². The first-order chi connectivity index (χ1) is 7.79. The molecule has 0 spiro atoms. The maximum absolute atomic E-state index is 10.4. The standard InChI is InChI=1S/C11H17NO4S/c1-11(12,9-16-17(13,14)15)8-7-10-5-3-2-4-6-10/h2-6H,7-9,12H2,1H3,(H,13,14,15). The lowest BCUT2D eigenvalue weighted by Gasteiger charge is -2.23. The molecule has 0 saturated carbocycles. The van der Waals surface area contributed by atoms with E-state index >= 15 is 0 Å². The van der Waals surface area contributed by atoms with Gasteiger partial charge in [0.2, 0.25) is 0 Å². The first-order valence-corrected chi connectivity index (χ1v) is 6.60. The topological polar surface area (TPSA) is 89.6 Å². The Labute approximate surface area is 102 Å². The highest BCUT2D eigenvalue weighted by Crippen LogP contribution is 2.12. The van der Waals surface area contributed by atoms with E-state index in [1.807, 2.05) is 30.3 Å². The zero-order valence-corrected chi connectivity index (χ0v) is 10.5. The number of aryl methyl sites for hydroxylation is 1. The molecule has 0 aromatic heterocycles. The van der Waals surface area contributed by atoms with Crippen LogP contribution in [-0.2, 0) is 21.0 Å². The van der Waals surface area contributed by atoms with Gasteiger partial charge in [0.1, 0.15) is 0 Å². The molecule has 1 rings (SSSR count). The van der Waals surface area contributed by atoms with E-state index in [1.54, 1.807) is 6.92 Å². The summed E-state index contributed by atoms with van der Waals surface area (Å²) in [6, 6.07) is 9.72. The smallest absolute Gasteiger partial charge is 0.323 e. The van der Waals surface area contributed by atoms with Gasteiger partial charge in [0.05, 0.1) is 6.61 Å². The molecule has 0 aliphatic heterocycles. The van der Waals surface area contributed by atoms with Gasteiger partial charge in [0.25, 0.3) is 0 Å². The summed E-state index contributed by atoms with van der Waals surface area (Å²) in [5, 5.41) is 0. The summed E-state index contributed by atoms with van der Waals surface area (Å²) >= 11 is 0. The molecule has 0 amide bonds. The van der Waals surface area contributed by atoms with Crippen LogP contribution in [0.3, 0.4) is 0 Å². The second-order valence-corrected chi connectivity index (χ2v) is 5.42. The molecule has 17 heavy (non-hydrogen) atoms. The summed E-state index contributed by atoms with van der Waals surface area (Å²) in [5.74, 6) is 0. The van der Waals surface area contributed by atoms with Crippen LogP contribution in [0.4, 0.5) is 0 Å². The van der Waals surface area contributed by atoms with Gasteiger partial charge in [-0.15, -0.1) is 0 Å². The van der Waals surface area contributed by atoms with E-state index in [-0.39, 0.29) is 6.61 Å². The fourth-order valence-corrected chi connectivity index (χ4v) is 1.77. The van der Waals surface area contributed by atoms with Crippen molar-refractivity contribution >= 4 is 10.4 Å². The Bertz CT molecular complexity index is 442. The summed E-state index contributed by atoms with van der Waals surface area (Å²) in [6.07, 6.45) is 1.29. The maximum atomic E-state index is 10.4. The highest BCUT2D eigenvalue weighted by molar-refractivity contribution is 7.80. The van der Waals surface area contributed by atoms with Crippen molar-refractivity contribution in [3.8, 4) is 0 Å². The van der Waals surface area contributed by atoms with E-state index in [2.05, 4.69) is 4.18 Å². The van der Waals surface area contributed by atoms with Crippen molar-refractivity contribution in [2.75, 3.05) is 6.61 Å². The lowest BCUT2D eigenvalue weighted by Crippen LogP contribution is -2.42. The molecular formula is C11H17NO4S. The van der Waals surface area contributed by atoms with E-state index in [1.165, 1.54) is 0 Å². The first kappa shape index (κ1) is 14.1. The molecule has 96 valence electrons. The number of hydrogen-bond donors (Lipinski definition) is 2. The van der Waals surface area contributed by atoms with Gasteiger partial charge in [0, 0.05) is 5.54 Å². The van der Waals surface area contributed by atoms with E-state index in [0.717, 1.165) is 12.0 Å². The lowest BCUT2D eigenvalue weighted by molar-refractivity contribution is 0.201. The van der Waals surface area contributed by atoms with E-state index < -0.39 is 15.9 Å². The fourth-order valence-electron chi connectivity index (χ4n) is 1.36. The van der Waals surface area contributed by atoms with Crippen LogP contribution in [-0.4, -0.2) is 25.1 Å². The molecule has 0 saturated heterocycles. The lowest BCUT2D eigenvalue weighted by atomic mass is 9.95. The van der Waals surface area contributed by atoms with Crippen molar-refractivity contribution in [3.63, 3.8) is 0 Å². The quantitative estimate of drug-likeness (QED) is 0.748. The molecule has 1 atom stereocenters. The molecule has 0 aliphatic carbocycles. The minimum atomic E-state index is -4.42. The Morgan fingerprint density at radius 2 is 1.94 bits per heavy atom. The third-order valence-electron chi connectivity index (χ3n) is 2.37. The van der Waals surface area contributed by atoms with Crippen molar-refractivity contribution in [1.29, 1.82) is 0 Å². The van der Waals surface area contributed by atoms with Crippen LogP contribution >= 0.6 is 0 Å². The Morgan fingerprint density at radius 1 is 1.35 bits per heavy atom. The van der Waals surface area contributed by atoms with Crippen LogP contribution in [0.25, 0.3) is 0 Å². The molecule has 1 aromatic rings. The van der Waals surface area contributed by atoms with Gasteiger partial charge in [-0.3, -0.25) is 4.55 Å². The molecule has 1 unspecified atom stereocenters. The summed E-state index contributed by atoms with van der Waals surface area (Å²) in [5.41, 5.74) is 6.19. The van der Waals surface area contributed by atoms with Gasteiger partial charge in [-0.2, -0.15) is 8.42 Å². The zero-order chi connectivity index (χ0) is 12.9. The average molecular weight is 259 g/mol. The van der Waals surface area contributed by atoms with Gasteiger partial charge in [-0.05, 0) is 25.3 Å². The Kier molecular flexibility index (Phi) is 4.64. The third kappa shape index (κ3) is 6.38. The van der Waals surface area contributed by atoms with Crippen molar-refractivity contribution < 1.29 is 17.2 Å². The van der Waals surface area contributed by atoms with Gasteiger partial charge >= 0.3 is 10.4 Å². The highest BCUT2D eigenvalue weighted by Gasteiger charge is 2.21.